The third kappa shape index (κ3) is 12.0. The zero-order chi connectivity index (χ0) is 27.9. The van der Waals surface area contributed by atoms with Gasteiger partial charge in [0, 0.05) is 34.0 Å². The Kier molecular flexibility index (Phi) is 13.8. The maximum absolute atomic E-state index is 13.7. The summed E-state index contributed by atoms with van der Waals surface area (Å²) in [5.74, 6) is 0.412. The van der Waals surface area contributed by atoms with Gasteiger partial charge in [-0.3, -0.25) is 4.79 Å². The smallest absolute Gasteiger partial charge is 0.430 e. The standard InChI is InChI=1S/C31H41Cl2O5P/c32-27-17-19-29-25(23-27)22-26-24-28(33)18-20-30(26)38-39(36,37-29)21-15-13-11-9-7-5-3-1-2-4-6-8-10-12-14-16-31(34)35/h1-2,17-20,23-24H,3-16,21-22H2,(H,34,35)/b2-1-. The molecule has 39 heavy (non-hydrogen) atoms. The summed E-state index contributed by atoms with van der Waals surface area (Å²) in [6, 6.07) is 10.7. The second kappa shape index (κ2) is 17.0. The van der Waals surface area contributed by atoms with Gasteiger partial charge in [-0.1, -0.05) is 80.3 Å². The average Bonchev–Trinajstić information content (AvgIpc) is 2.88. The fraction of sp³-hybridized carbons (Fsp3) is 0.516. The summed E-state index contributed by atoms with van der Waals surface area (Å²) in [5.41, 5.74) is 1.74. The first-order chi connectivity index (χ1) is 18.8. The van der Waals surface area contributed by atoms with Crippen molar-refractivity contribution in [3.8, 4) is 11.5 Å². The van der Waals surface area contributed by atoms with E-state index in [0.29, 0.717) is 40.5 Å². The highest BCUT2D eigenvalue weighted by molar-refractivity contribution is 7.54. The fourth-order valence-corrected chi connectivity index (χ4v) is 6.92. The number of hydrogen-bond acceptors (Lipinski definition) is 4. The van der Waals surface area contributed by atoms with E-state index in [1.54, 1.807) is 24.3 Å². The Labute approximate surface area is 243 Å². The van der Waals surface area contributed by atoms with Gasteiger partial charge in [0.25, 0.3) is 0 Å². The third-order valence-corrected chi connectivity index (χ3v) is 9.17. The van der Waals surface area contributed by atoms with Crippen molar-refractivity contribution in [3.63, 3.8) is 0 Å². The molecular weight excluding hydrogens is 554 g/mol. The molecule has 0 radical (unpaired) electrons. The normalized spacial score (nSPS) is 14.1. The van der Waals surface area contributed by atoms with E-state index >= 15 is 0 Å². The van der Waals surface area contributed by atoms with Crippen LogP contribution in [-0.4, -0.2) is 17.2 Å². The molecule has 0 aromatic heterocycles. The van der Waals surface area contributed by atoms with Crippen molar-refractivity contribution in [1.82, 2.24) is 0 Å². The molecule has 0 saturated heterocycles. The first-order valence-electron chi connectivity index (χ1n) is 14.3. The van der Waals surface area contributed by atoms with Crippen LogP contribution in [0.3, 0.4) is 0 Å². The monoisotopic (exact) mass is 594 g/mol. The van der Waals surface area contributed by atoms with Crippen LogP contribution in [0, 0.1) is 0 Å². The van der Waals surface area contributed by atoms with Crippen molar-refractivity contribution in [2.75, 3.05) is 6.16 Å². The van der Waals surface area contributed by atoms with Gasteiger partial charge >= 0.3 is 13.6 Å². The van der Waals surface area contributed by atoms with Gasteiger partial charge in [0.15, 0.2) is 0 Å². The lowest BCUT2D eigenvalue weighted by atomic mass is 10.0. The fourth-order valence-electron chi connectivity index (χ4n) is 4.74. The molecule has 1 N–H and O–H groups in total. The zero-order valence-electron chi connectivity index (χ0n) is 22.7. The highest BCUT2D eigenvalue weighted by atomic mass is 35.5. The van der Waals surface area contributed by atoms with Crippen LogP contribution in [0.5, 0.6) is 11.5 Å². The Morgan fingerprint density at radius 3 is 1.72 bits per heavy atom. The Morgan fingerprint density at radius 2 is 1.21 bits per heavy atom. The van der Waals surface area contributed by atoms with Crippen LogP contribution in [0.25, 0.3) is 0 Å². The second-order valence-electron chi connectivity index (χ2n) is 10.3. The van der Waals surface area contributed by atoms with Crippen molar-refractivity contribution >= 4 is 36.8 Å². The van der Waals surface area contributed by atoms with E-state index < -0.39 is 13.6 Å². The average molecular weight is 596 g/mol. The maximum atomic E-state index is 13.7. The highest BCUT2D eigenvalue weighted by Crippen LogP contribution is 2.53. The number of hydrogen-bond donors (Lipinski definition) is 1. The topological polar surface area (TPSA) is 72.8 Å². The van der Waals surface area contributed by atoms with Crippen molar-refractivity contribution in [2.45, 2.75) is 96.3 Å². The van der Waals surface area contributed by atoms with Crippen LogP contribution in [0.15, 0.2) is 48.6 Å². The van der Waals surface area contributed by atoms with Gasteiger partial charge in [0.2, 0.25) is 0 Å². The van der Waals surface area contributed by atoms with E-state index in [1.807, 2.05) is 12.1 Å². The van der Waals surface area contributed by atoms with E-state index in [-0.39, 0.29) is 0 Å². The molecule has 5 nitrogen and oxygen atoms in total. The van der Waals surface area contributed by atoms with Crippen LogP contribution < -0.4 is 9.05 Å². The summed E-state index contributed by atoms with van der Waals surface area (Å²) in [7, 11) is -3.39. The van der Waals surface area contributed by atoms with Gasteiger partial charge in [-0.05, 0) is 74.9 Å². The van der Waals surface area contributed by atoms with Crippen molar-refractivity contribution in [1.29, 1.82) is 0 Å². The number of unbranched alkanes of at least 4 members (excludes halogenated alkanes) is 11. The summed E-state index contributed by atoms with van der Waals surface area (Å²) in [6.45, 7) is 0. The van der Waals surface area contributed by atoms with E-state index in [2.05, 4.69) is 12.2 Å². The molecule has 1 aliphatic heterocycles. The number of fused-ring (bicyclic) bond motifs is 2. The Hall–Kier alpha value is -1.94. The van der Waals surface area contributed by atoms with Crippen LogP contribution in [0.2, 0.25) is 10.0 Å². The van der Waals surface area contributed by atoms with Crippen LogP contribution in [0.4, 0.5) is 0 Å². The second-order valence-corrected chi connectivity index (χ2v) is 13.2. The van der Waals surface area contributed by atoms with Crippen LogP contribution >= 0.6 is 30.8 Å². The minimum Gasteiger partial charge on any atom is -0.481 e. The molecule has 0 unspecified atom stereocenters. The molecular formula is C31H41Cl2O5P. The summed E-state index contributed by atoms with van der Waals surface area (Å²) in [6.07, 6.45) is 19.7. The quantitative estimate of drug-likeness (QED) is 0.112. The summed E-state index contributed by atoms with van der Waals surface area (Å²) in [5, 5.41) is 9.85. The molecule has 0 aliphatic carbocycles. The predicted molar refractivity (Wildman–Crippen MR) is 161 cm³/mol. The number of carboxylic acids is 1. The summed E-state index contributed by atoms with van der Waals surface area (Å²) < 4.78 is 25.8. The molecule has 0 spiro atoms. The Morgan fingerprint density at radius 1 is 0.744 bits per heavy atom. The number of benzene rings is 2. The first-order valence-corrected chi connectivity index (χ1v) is 16.7. The minimum atomic E-state index is -3.39. The molecule has 2 aromatic carbocycles. The number of rotatable bonds is 17. The molecule has 214 valence electrons. The minimum absolute atomic E-state index is 0.291. The van der Waals surface area contributed by atoms with Gasteiger partial charge in [-0.25, -0.2) is 4.57 Å². The molecule has 3 rings (SSSR count). The number of aliphatic carboxylic acids is 1. The molecule has 0 amide bonds. The van der Waals surface area contributed by atoms with Gasteiger partial charge in [0.05, 0.1) is 6.16 Å². The molecule has 0 saturated carbocycles. The largest absolute Gasteiger partial charge is 0.481 e. The van der Waals surface area contributed by atoms with E-state index in [9.17, 15) is 9.36 Å². The molecule has 2 aromatic rings. The zero-order valence-corrected chi connectivity index (χ0v) is 25.1. The lowest BCUT2D eigenvalue weighted by Crippen LogP contribution is -2.10. The number of carbonyl (C=O) groups is 1. The number of carboxylic acid groups (broad SMARTS) is 1. The number of halogens is 2. The number of allylic oxidation sites excluding steroid dienone is 2. The lowest BCUT2D eigenvalue weighted by molar-refractivity contribution is -0.137. The van der Waals surface area contributed by atoms with E-state index in [4.69, 9.17) is 37.4 Å². The SMILES string of the molecule is O=C(O)CCCCCCC/C=C\CCCCCCCCP1(=O)Oc2ccc(Cl)cc2Cc2cc(Cl)ccc2O1. The van der Waals surface area contributed by atoms with Crippen molar-refractivity contribution < 1.29 is 23.5 Å². The van der Waals surface area contributed by atoms with Crippen molar-refractivity contribution in [3.05, 3.63) is 69.7 Å². The molecule has 0 atom stereocenters. The first kappa shape index (κ1) is 31.6. The predicted octanol–water partition coefficient (Wildman–Crippen LogP) is 10.7. The van der Waals surface area contributed by atoms with Crippen LogP contribution in [0.1, 0.15) is 101 Å². The highest BCUT2D eigenvalue weighted by Gasteiger charge is 2.31. The van der Waals surface area contributed by atoms with Gasteiger partial charge in [0.1, 0.15) is 11.5 Å². The molecule has 1 heterocycles. The Bertz CT molecular complexity index is 1080. The summed E-state index contributed by atoms with van der Waals surface area (Å²) in [4.78, 5) is 10.5. The van der Waals surface area contributed by atoms with Crippen LogP contribution in [-0.2, 0) is 15.8 Å². The summed E-state index contributed by atoms with van der Waals surface area (Å²) >= 11 is 12.4. The molecule has 8 heteroatoms. The molecule has 0 fully saturated rings. The van der Waals surface area contributed by atoms with E-state index in [1.165, 1.54) is 32.1 Å². The van der Waals surface area contributed by atoms with Gasteiger partial charge < -0.3 is 14.2 Å². The molecule has 1 aliphatic rings. The maximum Gasteiger partial charge on any atom is 0.430 e. The lowest BCUT2D eigenvalue weighted by Gasteiger charge is -2.26. The molecule has 0 bridgehead atoms. The van der Waals surface area contributed by atoms with E-state index in [0.717, 1.165) is 62.5 Å². The third-order valence-electron chi connectivity index (χ3n) is 6.88. The Balaban J connectivity index is 1.31. The van der Waals surface area contributed by atoms with Gasteiger partial charge in [-0.15, -0.1) is 0 Å². The van der Waals surface area contributed by atoms with Crippen molar-refractivity contribution in [2.24, 2.45) is 0 Å². The van der Waals surface area contributed by atoms with Gasteiger partial charge in [-0.2, -0.15) is 0 Å².